The fourth-order valence-electron chi connectivity index (χ4n) is 3.72. The smallest absolute Gasteiger partial charge is 0.307 e. The SMILES string of the molecule is O=CC1C(C(=O)O)CCC2CC(C(=O)O)CCC21. The Kier molecular flexibility index (Phi) is 3.68. The maximum absolute atomic E-state index is 11.2. The minimum atomic E-state index is -0.897. The second kappa shape index (κ2) is 5.08. The van der Waals surface area contributed by atoms with Crippen LogP contribution in [-0.4, -0.2) is 28.4 Å². The summed E-state index contributed by atoms with van der Waals surface area (Å²) >= 11 is 0. The molecule has 18 heavy (non-hydrogen) atoms. The van der Waals surface area contributed by atoms with Crippen molar-refractivity contribution < 1.29 is 24.6 Å². The van der Waals surface area contributed by atoms with Crippen LogP contribution in [0.15, 0.2) is 0 Å². The van der Waals surface area contributed by atoms with Crippen LogP contribution in [-0.2, 0) is 14.4 Å². The number of hydrogen-bond acceptors (Lipinski definition) is 3. The van der Waals surface area contributed by atoms with Crippen LogP contribution in [0.1, 0.15) is 32.1 Å². The fourth-order valence-corrected chi connectivity index (χ4v) is 3.72. The molecule has 2 saturated carbocycles. The molecule has 2 aliphatic carbocycles. The predicted octanol–water partition coefficient (Wildman–Crippen LogP) is 1.41. The van der Waals surface area contributed by atoms with E-state index >= 15 is 0 Å². The average Bonchev–Trinajstić information content (AvgIpc) is 2.36. The monoisotopic (exact) mass is 254 g/mol. The molecular weight excluding hydrogens is 236 g/mol. The summed E-state index contributed by atoms with van der Waals surface area (Å²) in [6.07, 6.45) is 3.82. The van der Waals surface area contributed by atoms with Crippen LogP contribution in [0, 0.1) is 29.6 Å². The molecular formula is C13H18O5. The van der Waals surface area contributed by atoms with Gasteiger partial charge in [-0.25, -0.2) is 0 Å². The van der Waals surface area contributed by atoms with Gasteiger partial charge in [-0.05, 0) is 43.9 Å². The first-order valence-electron chi connectivity index (χ1n) is 6.45. The molecule has 0 heterocycles. The normalized spacial score (nSPS) is 39.7. The van der Waals surface area contributed by atoms with E-state index < -0.39 is 23.8 Å². The van der Waals surface area contributed by atoms with Gasteiger partial charge in [0.05, 0.1) is 11.8 Å². The molecule has 2 N–H and O–H groups in total. The summed E-state index contributed by atoms with van der Waals surface area (Å²) in [6.45, 7) is 0. The number of carboxylic acid groups (broad SMARTS) is 2. The quantitative estimate of drug-likeness (QED) is 0.743. The topological polar surface area (TPSA) is 91.7 Å². The number of aldehydes is 1. The maximum Gasteiger partial charge on any atom is 0.307 e. The zero-order valence-electron chi connectivity index (χ0n) is 10.1. The highest BCUT2D eigenvalue weighted by Crippen LogP contribution is 2.47. The number of hydrogen-bond donors (Lipinski definition) is 2. The first-order chi connectivity index (χ1) is 8.54. The minimum absolute atomic E-state index is 0.0629. The van der Waals surface area contributed by atoms with Crippen LogP contribution in [0.3, 0.4) is 0 Å². The standard InChI is InChI=1S/C13H18O5/c14-6-11-9-3-2-8(12(15)16)5-7(9)1-4-10(11)13(17)18/h6-11H,1-5H2,(H,15,16)(H,17,18). The van der Waals surface area contributed by atoms with Crippen molar-refractivity contribution >= 4 is 18.2 Å². The first-order valence-corrected chi connectivity index (χ1v) is 6.45. The van der Waals surface area contributed by atoms with Crippen LogP contribution >= 0.6 is 0 Å². The fraction of sp³-hybridized carbons (Fsp3) is 0.769. The van der Waals surface area contributed by atoms with Gasteiger partial charge in [-0.15, -0.1) is 0 Å². The van der Waals surface area contributed by atoms with E-state index in [1.807, 2.05) is 0 Å². The van der Waals surface area contributed by atoms with E-state index in [-0.39, 0.29) is 17.8 Å². The highest BCUT2D eigenvalue weighted by molar-refractivity contribution is 5.75. The lowest BCUT2D eigenvalue weighted by atomic mass is 9.60. The third kappa shape index (κ3) is 2.26. The van der Waals surface area contributed by atoms with E-state index in [0.717, 1.165) is 12.7 Å². The third-order valence-corrected chi connectivity index (χ3v) is 4.67. The van der Waals surface area contributed by atoms with Gasteiger partial charge in [-0.3, -0.25) is 9.59 Å². The molecule has 0 aromatic rings. The van der Waals surface area contributed by atoms with E-state index in [1.54, 1.807) is 0 Å². The third-order valence-electron chi connectivity index (χ3n) is 4.67. The van der Waals surface area contributed by atoms with Crippen LogP contribution < -0.4 is 0 Å². The van der Waals surface area contributed by atoms with E-state index in [0.29, 0.717) is 25.7 Å². The summed E-state index contributed by atoms with van der Waals surface area (Å²) in [5.41, 5.74) is 0. The first kappa shape index (κ1) is 13.1. The summed E-state index contributed by atoms with van der Waals surface area (Å²) in [5, 5.41) is 18.1. The molecule has 0 saturated heterocycles. The Bertz CT molecular complexity index is 364. The van der Waals surface area contributed by atoms with Crippen molar-refractivity contribution in [2.24, 2.45) is 29.6 Å². The molecule has 0 aliphatic heterocycles. The number of fused-ring (bicyclic) bond motifs is 1. The van der Waals surface area contributed by atoms with Gasteiger partial charge in [-0.2, -0.15) is 0 Å². The van der Waals surface area contributed by atoms with Crippen molar-refractivity contribution in [1.29, 1.82) is 0 Å². The molecule has 2 aliphatic rings. The number of aliphatic carboxylic acids is 2. The maximum atomic E-state index is 11.2. The summed E-state index contributed by atoms with van der Waals surface area (Å²) in [6, 6.07) is 0. The molecule has 0 aromatic carbocycles. The van der Waals surface area contributed by atoms with Gasteiger partial charge in [0, 0.05) is 5.92 Å². The van der Waals surface area contributed by atoms with Gasteiger partial charge in [0.2, 0.25) is 0 Å². The minimum Gasteiger partial charge on any atom is -0.481 e. The molecule has 5 unspecified atom stereocenters. The van der Waals surface area contributed by atoms with Gasteiger partial charge in [0.25, 0.3) is 0 Å². The lowest BCUT2D eigenvalue weighted by Crippen LogP contribution is -2.43. The van der Waals surface area contributed by atoms with E-state index in [1.165, 1.54) is 0 Å². The Hall–Kier alpha value is -1.39. The predicted molar refractivity (Wildman–Crippen MR) is 61.9 cm³/mol. The molecule has 0 aromatic heterocycles. The van der Waals surface area contributed by atoms with Crippen LogP contribution in [0.5, 0.6) is 0 Å². The molecule has 0 amide bonds. The summed E-state index contributed by atoms with van der Waals surface area (Å²) in [4.78, 5) is 33.3. The molecule has 0 spiro atoms. The second-order valence-corrected chi connectivity index (χ2v) is 5.51. The molecule has 5 atom stereocenters. The highest BCUT2D eigenvalue weighted by atomic mass is 16.4. The van der Waals surface area contributed by atoms with Crippen molar-refractivity contribution in [2.75, 3.05) is 0 Å². The van der Waals surface area contributed by atoms with E-state index in [4.69, 9.17) is 10.2 Å². The van der Waals surface area contributed by atoms with Crippen molar-refractivity contribution in [3.63, 3.8) is 0 Å². The van der Waals surface area contributed by atoms with Crippen molar-refractivity contribution in [3.8, 4) is 0 Å². The van der Waals surface area contributed by atoms with Gasteiger partial charge < -0.3 is 15.0 Å². The Balaban J connectivity index is 2.11. The number of carboxylic acids is 2. The van der Waals surface area contributed by atoms with Crippen LogP contribution in [0.2, 0.25) is 0 Å². The Morgan fingerprint density at radius 2 is 1.72 bits per heavy atom. The van der Waals surface area contributed by atoms with E-state index in [9.17, 15) is 14.4 Å². The Labute approximate surface area is 105 Å². The van der Waals surface area contributed by atoms with Crippen molar-refractivity contribution in [2.45, 2.75) is 32.1 Å². The van der Waals surface area contributed by atoms with Gasteiger partial charge >= 0.3 is 11.9 Å². The van der Waals surface area contributed by atoms with Crippen molar-refractivity contribution in [1.82, 2.24) is 0 Å². The Morgan fingerprint density at radius 3 is 2.28 bits per heavy atom. The highest BCUT2D eigenvalue weighted by Gasteiger charge is 2.45. The molecule has 2 fully saturated rings. The van der Waals surface area contributed by atoms with Gasteiger partial charge in [-0.1, -0.05) is 0 Å². The molecule has 5 nitrogen and oxygen atoms in total. The lowest BCUT2D eigenvalue weighted by molar-refractivity contribution is -0.152. The van der Waals surface area contributed by atoms with E-state index in [2.05, 4.69) is 0 Å². The number of carbonyl (C=O) groups is 3. The molecule has 5 heteroatoms. The second-order valence-electron chi connectivity index (χ2n) is 5.51. The van der Waals surface area contributed by atoms with Crippen molar-refractivity contribution in [3.05, 3.63) is 0 Å². The zero-order chi connectivity index (χ0) is 13.3. The molecule has 0 radical (unpaired) electrons. The molecule has 0 bridgehead atoms. The van der Waals surface area contributed by atoms with Crippen LogP contribution in [0.4, 0.5) is 0 Å². The van der Waals surface area contributed by atoms with Gasteiger partial charge in [0.15, 0.2) is 0 Å². The summed E-state index contributed by atoms with van der Waals surface area (Å²) in [7, 11) is 0. The lowest BCUT2D eigenvalue weighted by Gasteiger charge is -2.43. The summed E-state index contributed by atoms with van der Waals surface area (Å²) < 4.78 is 0. The number of rotatable bonds is 3. The largest absolute Gasteiger partial charge is 0.481 e. The average molecular weight is 254 g/mol. The zero-order valence-corrected chi connectivity index (χ0v) is 10.1. The summed E-state index contributed by atoms with van der Waals surface area (Å²) in [5.74, 6) is -2.73. The Morgan fingerprint density at radius 1 is 1.00 bits per heavy atom. The van der Waals surface area contributed by atoms with Crippen LogP contribution in [0.25, 0.3) is 0 Å². The molecule has 100 valence electrons. The molecule has 2 rings (SSSR count). The van der Waals surface area contributed by atoms with Gasteiger partial charge in [0.1, 0.15) is 6.29 Å². The number of carbonyl (C=O) groups excluding carboxylic acids is 1.